The summed E-state index contributed by atoms with van der Waals surface area (Å²) in [6.07, 6.45) is -2.54. The van der Waals surface area contributed by atoms with Crippen LogP contribution in [0.5, 0.6) is 0 Å². The summed E-state index contributed by atoms with van der Waals surface area (Å²) in [6, 6.07) is 9.28. The van der Waals surface area contributed by atoms with E-state index < -0.39 is 46.9 Å². The van der Waals surface area contributed by atoms with Crippen molar-refractivity contribution in [2.24, 2.45) is 5.92 Å². The number of carbonyl (C=O) groups is 1. The quantitative estimate of drug-likeness (QED) is 0.546. The van der Waals surface area contributed by atoms with E-state index in [9.17, 15) is 26.4 Å². The molecule has 1 aromatic heterocycles. The first-order valence-corrected chi connectivity index (χ1v) is 12.9. The molecule has 1 amide bonds. The number of rotatable bonds is 9. The van der Waals surface area contributed by atoms with E-state index in [-0.39, 0.29) is 18.2 Å². The van der Waals surface area contributed by atoms with Crippen LogP contribution < -0.4 is 4.72 Å². The molecule has 0 saturated carbocycles. The highest BCUT2D eigenvalue weighted by Gasteiger charge is 2.52. The van der Waals surface area contributed by atoms with Crippen molar-refractivity contribution in [2.45, 2.75) is 58.5 Å². The van der Waals surface area contributed by atoms with Crippen LogP contribution in [-0.2, 0) is 26.1 Å². The number of amides is 1. The fourth-order valence-electron chi connectivity index (χ4n) is 4.20. The van der Waals surface area contributed by atoms with Crippen molar-refractivity contribution < 1.29 is 31.1 Å². The van der Waals surface area contributed by atoms with E-state index in [1.54, 1.807) is 42.6 Å². The van der Waals surface area contributed by atoms with Crippen molar-refractivity contribution in [1.82, 2.24) is 14.6 Å². The third-order valence-electron chi connectivity index (χ3n) is 5.68. The van der Waals surface area contributed by atoms with E-state index in [2.05, 4.69) is 9.71 Å². The average Bonchev–Trinajstić information content (AvgIpc) is 3.07. The first kappa shape index (κ1) is 27.1. The van der Waals surface area contributed by atoms with Crippen LogP contribution in [0.25, 0.3) is 11.1 Å². The first-order valence-electron chi connectivity index (χ1n) is 11.2. The third kappa shape index (κ3) is 6.39. The standard InChI is InChI=1S/C24H30F3N3O4S/c1-15(2)14-35(32,33)29-13-19-10-9-18(12-28-19)16-5-7-17(8-6-16)21-20(11-25)30(23(31)22(26)27)24(3,4)34-21/h5-10,12,15,20-22,29H,11,13-14H2,1-4H3/t20-,21-/m1/s1. The zero-order valence-corrected chi connectivity index (χ0v) is 20.9. The summed E-state index contributed by atoms with van der Waals surface area (Å²) in [5.74, 6) is -1.41. The number of hydrogen-bond donors (Lipinski definition) is 1. The molecular formula is C24H30F3N3O4S. The number of ether oxygens (including phenoxy) is 1. The second-order valence-corrected chi connectivity index (χ2v) is 11.2. The second kappa shape index (κ2) is 10.6. The number of nitrogens with one attached hydrogen (secondary N) is 1. The summed E-state index contributed by atoms with van der Waals surface area (Å²) in [6.45, 7) is 5.63. The molecule has 0 radical (unpaired) electrons. The molecule has 2 atom stereocenters. The number of aromatic nitrogens is 1. The normalized spacial score (nSPS) is 20.1. The summed E-state index contributed by atoms with van der Waals surface area (Å²) in [7, 11) is -3.38. The number of carbonyl (C=O) groups excluding carboxylic acids is 1. The third-order valence-corrected chi connectivity index (χ3v) is 7.37. The lowest BCUT2D eigenvalue weighted by Gasteiger charge is -2.32. The SMILES string of the molecule is CC(C)CS(=O)(=O)NCc1ccc(-c2ccc([C@H]3OC(C)(C)N(C(=O)C(F)F)[C@@H]3CF)cc2)cn1. The van der Waals surface area contributed by atoms with Gasteiger partial charge in [0.25, 0.3) is 5.91 Å². The van der Waals surface area contributed by atoms with Gasteiger partial charge in [0.05, 0.1) is 24.0 Å². The molecule has 2 heterocycles. The van der Waals surface area contributed by atoms with Gasteiger partial charge in [-0.3, -0.25) is 9.78 Å². The Morgan fingerprint density at radius 3 is 2.29 bits per heavy atom. The smallest absolute Gasteiger partial charge is 0.315 e. The lowest BCUT2D eigenvalue weighted by Crippen LogP contribution is -2.51. The molecule has 1 aliphatic rings. The molecule has 35 heavy (non-hydrogen) atoms. The zero-order valence-electron chi connectivity index (χ0n) is 20.0. The predicted octanol–water partition coefficient (Wildman–Crippen LogP) is 4.06. The molecule has 192 valence electrons. The number of alkyl halides is 3. The molecule has 2 aromatic rings. The van der Waals surface area contributed by atoms with Crippen LogP contribution in [0.1, 0.15) is 45.1 Å². The minimum absolute atomic E-state index is 0.0135. The molecule has 11 heteroatoms. The monoisotopic (exact) mass is 513 g/mol. The van der Waals surface area contributed by atoms with Crippen LogP contribution in [0.3, 0.4) is 0 Å². The number of benzene rings is 1. The Morgan fingerprint density at radius 1 is 1.14 bits per heavy atom. The highest BCUT2D eigenvalue weighted by Crippen LogP contribution is 2.42. The maximum atomic E-state index is 13.9. The largest absolute Gasteiger partial charge is 0.346 e. The Labute approximate surface area is 203 Å². The van der Waals surface area contributed by atoms with E-state index >= 15 is 0 Å². The van der Waals surface area contributed by atoms with E-state index in [0.717, 1.165) is 16.0 Å². The Bertz CT molecular complexity index is 1120. The maximum Gasteiger partial charge on any atom is 0.315 e. The molecule has 1 fully saturated rings. The fraction of sp³-hybridized carbons (Fsp3) is 0.500. The van der Waals surface area contributed by atoms with Crippen LogP contribution >= 0.6 is 0 Å². The number of halogens is 3. The molecule has 1 N–H and O–H groups in total. The Balaban J connectivity index is 1.73. The van der Waals surface area contributed by atoms with Crippen molar-refractivity contribution in [3.63, 3.8) is 0 Å². The van der Waals surface area contributed by atoms with E-state index in [1.165, 1.54) is 13.8 Å². The highest BCUT2D eigenvalue weighted by atomic mass is 32.2. The van der Waals surface area contributed by atoms with Crippen molar-refractivity contribution in [2.75, 3.05) is 12.4 Å². The molecule has 0 unspecified atom stereocenters. The summed E-state index contributed by atoms with van der Waals surface area (Å²) in [5.41, 5.74) is 1.30. The Kier molecular flexibility index (Phi) is 8.23. The molecule has 3 rings (SSSR count). The fourth-order valence-corrected chi connectivity index (χ4v) is 5.56. The average molecular weight is 514 g/mol. The van der Waals surface area contributed by atoms with Crippen molar-refractivity contribution in [3.05, 3.63) is 53.9 Å². The molecule has 1 aromatic carbocycles. The van der Waals surface area contributed by atoms with Gasteiger partial charge in [-0.25, -0.2) is 17.5 Å². The van der Waals surface area contributed by atoms with Gasteiger partial charge in [0.1, 0.15) is 18.5 Å². The number of hydrogen-bond acceptors (Lipinski definition) is 5. The van der Waals surface area contributed by atoms with Gasteiger partial charge >= 0.3 is 6.43 Å². The molecule has 7 nitrogen and oxygen atoms in total. The van der Waals surface area contributed by atoms with Crippen LogP contribution in [0, 0.1) is 5.92 Å². The Morgan fingerprint density at radius 2 is 1.77 bits per heavy atom. The zero-order chi connectivity index (χ0) is 26.0. The number of nitrogens with zero attached hydrogens (tertiary/aromatic N) is 2. The van der Waals surface area contributed by atoms with E-state index in [1.807, 2.05) is 13.8 Å². The van der Waals surface area contributed by atoms with Crippen molar-refractivity contribution in [3.8, 4) is 11.1 Å². The summed E-state index contributed by atoms with van der Waals surface area (Å²) in [5, 5.41) is 0. The van der Waals surface area contributed by atoms with Gasteiger partial charge < -0.3 is 9.64 Å². The summed E-state index contributed by atoms with van der Waals surface area (Å²) in [4.78, 5) is 17.1. The van der Waals surface area contributed by atoms with Gasteiger partial charge in [-0.05, 0) is 37.0 Å². The molecule has 1 aliphatic heterocycles. The maximum absolute atomic E-state index is 13.9. The molecular weight excluding hydrogens is 483 g/mol. The number of pyridine rings is 1. The lowest BCUT2D eigenvalue weighted by atomic mass is 9.99. The lowest BCUT2D eigenvalue weighted by molar-refractivity contribution is -0.159. The van der Waals surface area contributed by atoms with Gasteiger partial charge in [0.15, 0.2) is 0 Å². The predicted molar refractivity (Wildman–Crippen MR) is 126 cm³/mol. The first-order chi connectivity index (χ1) is 16.3. The number of sulfonamides is 1. The highest BCUT2D eigenvalue weighted by molar-refractivity contribution is 7.89. The van der Waals surface area contributed by atoms with Gasteiger partial charge in [-0.2, -0.15) is 8.78 Å². The molecule has 0 bridgehead atoms. The van der Waals surface area contributed by atoms with Crippen LogP contribution in [0.15, 0.2) is 42.6 Å². The van der Waals surface area contributed by atoms with Crippen LogP contribution in [-0.4, -0.2) is 54.8 Å². The topological polar surface area (TPSA) is 88.6 Å². The van der Waals surface area contributed by atoms with Gasteiger partial charge in [0, 0.05) is 11.8 Å². The van der Waals surface area contributed by atoms with Crippen LogP contribution in [0.2, 0.25) is 0 Å². The van der Waals surface area contributed by atoms with Crippen LogP contribution in [0.4, 0.5) is 13.2 Å². The second-order valence-electron chi connectivity index (χ2n) is 9.37. The Hall–Kier alpha value is -2.50. The van der Waals surface area contributed by atoms with Gasteiger partial charge in [-0.1, -0.05) is 44.2 Å². The summed E-state index contributed by atoms with van der Waals surface area (Å²) >= 11 is 0. The molecule has 0 spiro atoms. The molecule has 0 aliphatic carbocycles. The minimum Gasteiger partial charge on any atom is -0.346 e. The van der Waals surface area contributed by atoms with Gasteiger partial charge in [-0.15, -0.1) is 0 Å². The van der Waals surface area contributed by atoms with Gasteiger partial charge in [0.2, 0.25) is 10.0 Å². The molecule has 1 saturated heterocycles. The van der Waals surface area contributed by atoms with E-state index in [0.29, 0.717) is 11.3 Å². The summed E-state index contributed by atoms with van der Waals surface area (Å²) < 4.78 is 72.4. The minimum atomic E-state index is -3.38. The van der Waals surface area contributed by atoms with E-state index in [4.69, 9.17) is 4.74 Å². The van der Waals surface area contributed by atoms with Crippen molar-refractivity contribution >= 4 is 15.9 Å². The van der Waals surface area contributed by atoms with Crippen molar-refractivity contribution in [1.29, 1.82) is 0 Å².